The number of aliphatic hydroxyl groups is 1. The Hall–Kier alpha value is -1.62. The molecule has 5 nitrogen and oxygen atoms in total. The lowest BCUT2D eigenvalue weighted by Gasteiger charge is -2.54. The number of carbonyl (C=O) groups is 2. The Morgan fingerprint density at radius 1 is 1.40 bits per heavy atom. The summed E-state index contributed by atoms with van der Waals surface area (Å²) in [5.74, 6) is -0.430. The molecule has 3 rings (SSSR count). The minimum Gasteiger partial charge on any atom is -0.462 e. The van der Waals surface area contributed by atoms with Crippen LogP contribution in [0.3, 0.4) is 0 Å². The number of rotatable bonds is 3. The van der Waals surface area contributed by atoms with E-state index in [1.54, 1.807) is 0 Å². The molecule has 25 heavy (non-hydrogen) atoms. The summed E-state index contributed by atoms with van der Waals surface area (Å²) in [6.45, 7) is 14.0. The molecule has 0 aromatic rings. The van der Waals surface area contributed by atoms with Crippen molar-refractivity contribution < 1.29 is 24.2 Å². The van der Waals surface area contributed by atoms with Crippen LogP contribution in [0.2, 0.25) is 0 Å². The summed E-state index contributed by atoms with van der Waals surface area (Å²) in [6, 6.07) is 0. The number of ether oxygens (including phenoxy) is 2. The van der Waals surface area contributed by atoms with E-state index in [1.165, 1.54) is 0 Å². The minimum atomic E-state index is -0.697. The fourth-order valence-corrected chi connectivity index (χ4v) is 4.76. The highest BCUT2D eigenvalue weighted by Crippen LogP contribution is 2.57. The quantitative estimate of drug-likeness (QED) is 0.482. The summed E-state index contributed by atoms with van der Waals surface area (Å²) in [6.07, 6.45) is 0.623. The SMILES string of the molecule is C=C1C(=O)O[C@@H]2C[C@@]3(C)[C@@H](OC(=O)CC(C)C)C[C@@H](O)C(=C)[C@@H]3C[C@H]12. The Morgan fingerprint density at radius 3 is 2.72 bits per heavy atom. The molecular formula is C20H28O5. The van der Waals surface area contributed by atoms with Gasteiger partial charge in [-0.15, -0.1) is 0 Å². The van der Waals surface area contributed by atoms with Crippen molar-refractivity contribution >= 4 is 11.9 Å². The molecule has 1 saturated heterocycles. The van der Waals surface area contributed by atoms with Gasteiger partial charge >= 0.3 is 11.9 Å². The molecule has 3 aliphatic rings. The maximum atomic E-state index is 12.2. The monoisotopic (exact) mass is 348 g/mol. The van der Waals surface area contributed by atoms with E-state index in [1.807, 2.05) is 13.8 Å². The fourth-order valence-electron chi connectivity index (χ4n) is 4.76. The Bertz CT molecular complexity index is 622. The topological polar surface area (TPSA) is 72.8 Å². The van der Waals surface area contributed by atoms with Crippen molar-refractivity contribution in [3.05, 3.63) is 24.3 Å². The van der Waals surface area contributed by atoms with Crippen LogP contribution in [0, 0.1) is 23.2 Å². The lowest BCUT2D eigenvalue weighted by atomic mass is 9.54. The van der Waals surface area contributed by atoms with Crippen molar-refractivity contribution in [2.75, 3.05) is 0 Å². The van der Waals surface area contributed by atoms with Crippen LogP contribution < -0.4 is 0 Å². The van der Waals surface area contributed by atoms with Crippen LogP contribution in [0.5, 0.6) is 0 Å². The number of carbonyl (C=O) groups excluding carboxylic acids is 2. The lowest BCUT2D eigenvalue weighted by molar-refractivity contribution is -0.175. The fraction of sp³-hybridized carbons (Fsp3) is 0.700. The molecule has 0 bridgehead atoms. The van der Waals surface area contributed by atoms with Crippen LogP contribution in [-0.2, 0) is 19.1 Å². The van der Waals surface area contributed by atoms with Crippen LogP contribution >= 0.6 is 0 Å². The van der Waals surface area contributed by atoms with Crippen molar-refractivity contribution in [3.63, 3.8) is 0 Å². The first-order valence-corrected chi connectivity index (χ1v) is 9.09. The highest BCUT2D eigenvalue weighted by Gasteiger charge is 2.58. The summed E-state index contributed by atoms with van der Waals surface area (Å²) in [5.41, 5.74) is 0.882. The smallest absolute Gasteiger partial charge is 0.334 e. The van der Waals surface area contributed by atoms with Crippen LogP contribution in [0.25, 0.3) is 0 Å². The van der Waals surface area contributed by atoms with Gasteiger partial charge in [0.25, 0.3) is 0 Å². The van der Waals surface area contributed by atoms with Crippen molar-refractivity contribution in [1.29, 1.82) is 0 Å². The molecule has 2 aliphatic carbocycles. The van der Waals surface area contributed by atoms with Gasteiger partial charge in [-0.05, 0) is 30.3 Å². The molecule has 0 amide bonds. The molecule has 1 heterocycles. The second-order valence-corrected chi connectivity index (χ2v) is 8.48. The van der Waals surface area contributed by atoms with Gasteiger partial charge in [-0.3, -0.25) is 4.79 Å². The van der Waals surface area contributed by atoms with E-state index in [4.69, 9.17) is 9.47 Å². The summed E-state index contributed by atoms with van der Waals surface area (Å²) < 4.78 is 11.3. The molecule has 3 fully saturated rings. The van der Waals surface area contributed by atoms with Crippen LogP contribution in [0.1, 0.15) is 46.5 Å². The van der Waals surface area contributed by atoms with Gasteiger partial charge in [0.05, 0.1) is 6.10 Å². The van der Waals surface area contributed by atoms with Gasteiger partial charge in [0, 0.05) is 29.7 Å². The van der Waals surface area contributed by atoms with Gasteiger partial charge in [0.1, 0.15) is 12.2 Å². The second kappa shape index (κ2) is 6.27. The zero-order valence-corrected chi connectivity index (χ0v) is 15.3. The first kappa shape index (κ1) is 18.2. The Kier molecular flexibility index (Phi) is 4.56. The van der Waals surface area contributed by atoms with E-state index in [9.17, 15) is 14.7 Å². The molecule has 6 atom stereocenters. The maximum Gasteiger partial charge on any atom is 0.334 e. The molecule has 0 aromatic heterocycles. The molecule has 1 aliphatic heterocycles. The van der Waals surface area contributed by atoms with Gasteiger partial charge in [0.15, 0.2) is 0 Å². The van der Waals surface area contributed by atoms with Gasteiger partial charge < -0.3 is 14.6 Å². The number of hydrogen-bond acceptors (Lipinski definition) is 5. The van der Waals surface area contributed by atoms with E-state index in [0.717, 1.165) is 5.57 Å². The first-order valence-electron chi connectivity index (χ1n) is 9.09. The average Bonchev–Trinajstić information content (AvgIpc) is 2.77. The van der Waals surface area contributed by atoms with E-state index in [-0.39, 0.29) is 35.8 Å². The van der Waals surface area contributed by atoms with Crippen LogP contribution in [0.15, 0.2) is 24.3 Å². The van der Waals surface area contributed by atoms with Crippen molar-refractivity contribution in [2.24, 2.45) is 23.2 Å². The third-order valence-corrected chi connectivity index (χ3v) is 6.24. The number of hydrogen-bond donors (Lipinski definition) is 1. The van der Waals surface area contributed by atoms with E-state index >= 15 is 0 Å². The van der Waals surface area contributed by atoms with Crippen molar-refractivity contribution in [3.8, 4) is 0 Å². The number of fused-ring (bicyclic) bond motifs is 2. The zero-order chi connectivity index (χ0) is 18.5. The summed E-state index contributed by atoms with van der Waals surface area (Å²) >= 11 is 0. The third-order valence-electron chi connectivity index (χ3n) is 6.24. The molecule has 0 aromatic carbocycles. The normalized spacial score (nSPS) is 40.5. The predicted octanol–water partition coefficient (Wildman–Crippen LogP) is 2.78. The first-order chi connectivity index (χ1) is 11.6. The van der Waals surface area contributed by atoms with Gasteiger partial charge in [-0.2, -0.15) is 0 Å². The van der Waals surface area contributed by atoms with Crippen LogP contribution in [0.4, 0.5) is 0 Å². The zero-order valence-electron chi connectivity index (χ0n) is 15.3. The average molecular weight is 348 g/mol. The summed E-state index contributed by atoms with van der Waals surface area (Å²) in [4.78, 5) is 24.1. The molecular weight excluding hydrogens is 320 g/mol. The second-order valence-electron chi connectivity index (χ2n) is 8.48. The van der Waals surface area contributed by atoms with Crippen LogP contribution in [-0.4, -0.2) is 35.4 Å². The van der Waals surface area contributed by atoms with Gasteiger partial charge in [-0.25, -0.2) is 4.79 Å². The molecule has 0 spiro atoms. The highest BCUT2D eigenvalue weighted by molar-refractivity contribution is 5.90. The Labute approximate surface area is 149 Å². The van der Waals surface area contributed by atoms with Crippen molar-refractivity contribution in [1.82, 2.24) is 0 Å². The molecule has 0 radical (unpaired) electrons. The van der Waals surface area contributed by atoms with E-state index in [0.29, 0.717) is 31.3 Å². The molecule has 1 N–H and O–H groups in total. The maximum absolute atomic E-state index is 12.2. The summed E-state index contributed by atoms with van der Waals surface area (Å²) in [7, 11) is 0. The van der Waals surface area contributed by atoms with Gasteiger partial charge in [0.2, 0.25) is 0 Å². The number of esters is 2. The Morgan fingerprint density at radius 2 is 2.08 bits per heavy atom. The standard InChI is InChI=1S/C20H28O5/c1-10(2)6-18(22)25-17-8-15(21)12(4)14-7-13-11(3)19(23)24-16(13)9-20(14,17)5/h10,13-17,21H,3-4,6-9H2,1-2,5H3/t13-,14+,15-,16-,17+,20-/m1/s1. The molecule has 0 unspecified atom stereocenters. The number of aliphatic hydroxyl groups excluding tert-OH is 1. The van der Waals surface area contributed by atoms with Crippen molar-refractivity contribution in [2.45, 2.75) is 64.8 Å². The largest absolute Gasteiger partial charge is 0.462 e. The van der Waals surface area contributed by atoms with Gasteiger partial charge in [-0.1, -0.05) is 33.9 Å². The third kappa shape index (κ3) is 3.03. The van der Waals surface area contributed by atoms with E-state index in [2.05, 4.69) is 20.1 Å². The summed E-state index contributed by atoms with van der Waals surface area (Å²) in [5, 5.41) is 10.4. The predicted molar refractivity (Wildman–Crippen MR) is 92.4 cm³/mol. The molecule has 2 saturated carbocycles. The lowest BCUT2D eigenvalue weighted by Crippen LogP contribution is -2.55. The van der Waals surface area contributed by atoms with E-state index < -0.39 is 17.6 Å². The molecule has 5 heteroatoms. The minimum absolute atomic E-state index is 0.0272. The Balaban J connectivity index is 1.86. The highest BCUT2D eigenvalue weighted by atomic mass is 16.6. The molecule has 138 valence electrons.